The first-order chi connectivity index (χ1) is 14.2. The average molecular weight is 390 g/mol. The second kappa shape index (κ2) is 7.46. The molecule has 2 aliphatic heterocycles. The first-order valence-electron chi connectivity index (χ1n) is 9.68. The standard InChI is InChI=1S/C21H22N6O2/c1-15-12-19(24-16-5-6-17-18(13-16)29-14-28-17)25-21(23-15)27-10-8-26(9-11-27)20-4-2-3-7-22-20/h2-7,12-13H,8-11,14H2,1H3,(H,23,24,25). The summed E-state index contributed by atoms with van der Waals surface area (Å²) >= 11 is 0. The third-order valence-corrected chi connectivity index (χ3v) is 5.02. The molecular weight excluding hydrogens is 368 g/mol. The number of nitrogens with one attached hydrogen (secondary N) is 1. The quantitative estimate of drug-likeness (QED) is 0.729. The molecule has 29 heavy (non-hydrogen) atoms. The van der Waals surface area contributed by atoms with Gasteiger partial charge >= 0.3 is 0 Å². The summed E-state index contributed by atoms with van der Waals surface area (Å²) < 4.78 is 10.8. The highest BCUT2D eigenvalue weighted by atomic mass is 16.7. The molecule has 0 aliphatic carbocycles. The average Bonchev–Trinajstić information content (AvgIpc) is 3.22. The van der Waals surface area contributed by atoms with Gasteiger partial charge in [0, 0.05) is 55.9 Å². The van der Waals surface area contributed by atoms with Gasteiger partial charge in [0.25, 0.3) is 0 Å². The molecule has 1 aromatic carbocycles. The molecule has 0 amide bonds. The van der Waals surface area contributed by atoms with Crippen LogP contribution in [-0.4, -0.2) is 47.9 Å². The fourth-order valence-electron chi connectivity index (χ4n) is 3.56. The largest absolute Gasteiger partial charge is 0.454 e. The summed E-state index contributed by atoms with van der Waals surface area (Å²) in [6.07, 6.45) is 1.83. The van der Waals surface area contributed by atoms with Gasteiger partial charge in [-0.3, -0.25) is 0 Å². The number of anilines is 4. The Hall–Kier alpha value is -3.55. The van der Waals surface area contributed by atoms with E-state index in [2.05, 4.69) is 25.1 Å². The van der Waals surface area contributed by atoms with Gasteiger partial charge in [-0.1, -0.05) is 6.07 Å². The smallest absolute Gasteiger partial charge is 0.231 e. The van der Waals surface area contributed by atoms with Crippen molar-refractivity contribution in [2.45, 2.75) is 6.92 Å². The minimum Gasteiger partial charge on any atom is -0.454 e. The summed E-state index contributed by atoms with van der Waals surface area (Å²) in [5, 5.41) is 3.35. The van der Waals surface area contributed by atoms with Crippen LogP contribution in [0.5, 0.6) is 11.5 Å². The van der Waals surface area contributed by atoms with Crippen molar-refractivity contribution in [1.82, 2.24) is 15.0 Å². The third kappa shape index (κ3) is 3.73. The van der Waals surface area contributed by atoms with E-state index in [1.54, 1.807) is 0 Å². The zero-order chi connectivity index (χ0) is 19.6. The van der Waals surface area contributed by atoms with Gasteiger partial charge in [0.2, 0.25) is 12.7 Å². The van der Waals surface area contributed by atoms with Gasteiger partial charge < -0.3 is 24.6 Å². The van der Waals surface area contributed by atoms with Crippen LogP contribution in [0.25, 0.3) is 0 Å². The minimum absolute atomic E-state index is 0.264. The zero-order valence-electron chi connectivity index (χ0n) is 16.2. The van der Waals surface area contributed by atoms with Crippen LogP contribution < -0.4 is 24.6 Å². The molecular formula is C21H22N6O2. The molecule has 8 nitrogen and oxygen atoms in total. The van der Waals surface area contributed by atoms with Crippen LogP contribution in [0.4, 0.5) is 23.3 Å². The highest BCUT2D eigenvalue weighted by Crippen LogP contribution is 2.35. The molecule has 0 radical (unpaired) electrons. The minimum atomic E-state index is 0.264. The number of rotatable bonds is 4. The molecule has 1 N–H and O–H groups in total. The van der Waals surface area contributed by atoms with Gasteiger partial charge in [-0.2, -0.15) is 4.98 Å². The summed E-state index contributed by atoms with van der Waals surface area (Å²) in [5.41, 5.74) is 1.82. The van der Waals surface area contributed by atoms with Crippen LogP contribution in [0, 0.1) is 6.92 Å². The topological polar surface area (TPSA) is 75.6 Å². The Bertz CT molecular complexity index is 1010. The SMILES string of the molecule is Cc1cc(Nc2ccc3c(c2)OCO3)nc(N2CCN(c3ccccn3)CC2)n1. The lowest BCUT2D eigenvalue weighted by atomic mass is 10.2. The maximum absolute atomic E-state index is 5.45. The van der Waals surface area contributed by atoms with Crippen molar-refractivity contribution in [1.29, 1.82) is 0 Å². The van der Waals surface area contributed by atoms with E-state index >= 15 is 0 Å². The fourth-order valence-corrected chi connectivity index (χ4v) is 3.56. The molecule has 148 valence electrons. The summed E-state index contributed by atoms with van der Waals surface area (Å²) in [5.74, 6) is 4.03. The summed E-state index contributed by atoms with van der Waals surface area (Å²) in [6.45, 7) is 5.73. The van der Waals surface area contributed by atoms with Crippen molar-refractivity contribution in [2.75, 3.05) is 48.1 Å². The van der Waals surface area contributed by atoms with Crippen molar-refractivity contribution >= 4 is 23.3 Å². The molecule has 0 unspecified atom stereocenters. The Morgan fingerprint density at radius 1 is 0.897 bits per heavy atom. The van der Waals surface area contributed by atoms with E-state index in [-0.39, 0.29) is 6.79 Å². The van der Waals surface area contributed by atoms with E-state index in [4.69, 9.17) is 14.5 Å². The number of ether oxygens (including phenoxy) is 2. The molecule has 2 aromatic heterocycles. The molecule has 4 heterocycles. The van der Waals surface area contributed by atoms with Crippen molar-refractivity contribution in [2.24, 2.45) is 0 Å². The van der Waals surface area contributed by atoms with Gasteiger partial charge in [0.15, 0.2) is 11.5 Å². The number of aryl methyl sites for hydroxylation is 1. The lowest BCUT2D eigenvalue weighted by Gasteiger charge is -2.35. The lowest BCUT2D eigenvalue weighted by molar-refractivity contribution is 0.174. The molecule has 3 aromatic rings. The van der Waals surface area contributed by atoms with Gasteiger partial charge in [-0.05, 0) is 31.2 Å². The molecule has 5 rings (SSSR count). The maximum Gasteiger partial charge on any atom is 0.231 e. The Kier molecular flexibility index (Phi) is 4.51. The normalized spacial score (nSPS) is 15.5. The molecule has 0 spiro atoms. The highest BCUT2D eigenvalue weighted by Gasteiger charge is 2.21. The van der Waals surface area contributed by atoms with E-state index in [9.17, 15) is 0 Å². The number of hydrogen-bond donors (Lipinski definition) is 1. The van der Waals surface area contributed by atoms with Crippen LogP contribution >= 0.6 is 0 Å². The third-order valence-electron chi connectivity index (χ3n) is 5.02. The van der Waals surface area contributed by atoms with E-state index in [1.807, 2.05) is 55.6 Å². The van der Waals surface area contributed by atoms with Crippen LogP contribution in [0.3, 0.4) is 0 Å². The highest BCUT2D eigenvalue weighted by molar-refractivity contribution is 5.63. The molecule has 1 saturated heterocycles. The second-order valence-electron chi connectivity index (χ2n) is 7.05. The van der Waals surface area contributed by atoms with E-state index in [0.29, 0.717) is 0 Å². The molecule has 0 saturated carbocycles. The molecule has 0 atom stereocenters. The number of pyridine rings is 1. The van der Waals surface area contributed by atoms with Crippen LogP contribution in [0.2, 0.25) is 0 Å². The van der Waals surface area contributed by atoms with Crippen molar-refractivity contribution < 1.29 is 9.47 Å². The van der Waals surface area contributed by atoms with Gasteiger partial charge in [0.05, 0.1) is 0 Å². The first-order valence-corrected chi connectivity index (χ1v) is 9.68. The predicted molar refractivity (Wildman–Crippen MR) is 111 cm³/mol. The number of fused-ring (bicyclic) bond motifs is 1. The zero-order valence-corrected chi connectivity index (χ0v) is 16.2. The van der Waals surface area contributed by atoms with Crippen LogP contribution in [0.15, 0.2) is 48.7 Å². The Morgan fingerprint density at radius 2 is 1.72 bits per heavy atom. The molecule has 0 bridgehead atoms. The lowest BCUT2D eigenvalue weighted by Crippen LogP contribution is -2.47. The summed E-state index contributed by atoms with van der Waals surface area (Å²) in [4.78, 5) is 18.3. The maximum atomic E-state index is 5.45. The molecule has 1 fully saturated rings. The van der Waals surface area contributed by atoms with Crippen molar-refractivity contribution in [3.63, 3.8) is 0 Å². The van der Waals surface area contributed by atoms with Crippen molar-refractivity contribution in [3.05, 3.63) is 54.4 Å². The van der Waals surface area contributed by atoms with Crippen molar-refractivity contribution in [3.8, 4) is 11.5 Å². The van der Waals surface area contributed by atoms with Crippen LogP contribution in [-0.2, 0) is 0 Å². The predicted octanol–water partition coefficient (Wildman–Crippen LogP) is 2.98. The molecule has 2 aliphatic rings. The van der Waals surface area contributed by atoms with Crippen LogP contribution in [0.1, 0.15) is 5.69 Å². The molecule has 8 heteroatoms. The number of benzene rings is 1. The number of piperazine rings is 1. The van der Waals surface area contributed by atoms with E-state index < -0.39 is 0 Å². The van der Waals surface area contributed by atoms with E-state index in [0.717, 1.165) is 66.6 Å². The number of hydrogen-bond acceptors (Lipinski definition) is 8. The van der Waals surface area contributed by atoms with Gasteiger partial charge in [0.1, 0.15) is 11.6 Å². The van der Waals surface area contributed by atoms with Gasteiger partial charge in [-0.15, -0.1) is 0 Å². The Labute approximate surface area is 169 Å². The summed E-state index contributed by atoms with van der Waals surface area (Å²) in [7, 11) is 0. The summed E-state index contributed by atoms with van der Waals surface area (Å²) in [6, 6.07) is 13.7. The van der Waals surface area contributed by atoms with E-state index in [1.165, 1.54) is 0 Å². The fraction of sp³-hybridized carbons (Fsp3) is 0.286. The number of aromatic nitrogens is 3. The monoisotopic (exact) mass is 390 g/mol. The Morgan fingerprint density at radius 3 is 2.55 bits per heavy atom. The second-order valence-corrected chi connectivity index (χ2v) is 7.05. The number of nitrogens with zero attached hydrogens (tertiary/aromatic N) is 5. The van der Waals surface area contributed by atoms with Gasteiger partial charge in [-0.25, -0.2) is 9.97 Å². The Balaban J connectivity index is 1.30. The first kappa shape index (κ1) is 17.5.